The number of methoxy groups -OCH3 is 2. The lowest BCUT2D eigenvalue weighted by Crippen LogP contribution is -2.38. The molecule has 0 aliphatic carbocycles. The van der Waals surface area contributed by atoms with Crippen LogP contribution in [0.1, 0.15) is 57.2 Å². The van der Waals surface area contributed by atoms with Gasteiger partial charge in [0.05, 0.1) is 59.4 Å². The van der Waals surface area contributed by atoms with E-state index in [9.17, 15) is 25.2 Å². The number of ether oxygens (including phenoxy) is 4. The molecule has 4 aromatic carbocycles. The van der Waals surface area contributed by atoms with Crippen molar-refractivity contribution in [3.8, 4) is 45.6 Å². The lowest BCUT2D eigenvalue weighted by molar-refractivity contribution is 0.0935. The maximum atomic E-state index is 12.8. The Kier molecular flexibility index (Phi) is 11.6. The Labute approximate surface area is 300 Å². The molecule has 0 bridgehead atoms. The summed E-state index contributed by atoms with van der Waals surface area (Å²) < 4.78 is 28.5. The second-order valence-electron chi connectivity index (χ2n) is 12.1. The topological polar surface area (TPSA) is 185 Å². The van der Waals surface area contributed by atoms with Gasteiger partial charge < -0.3 is 54.5 Å². The fraction of sp³-hybridized carbons (Fsp3) is 0.282. The standard InChI is InChI=1S/C39H41N3O10/c1-48-29-7-8-32-30(17-29)39(47)41-38(40-32)24-6-9-34(28(13-24)21-45)50-11-3-4-12-51-37-16-23(5-10-35(37)49-2)33-18-36(52-42-33)25-14-26(19-43)31(22-46)27(15-25)20-44/h5-10,13-18,38,40,43-46H,3-4,11-12,19-22H2,1-2H3,(H,41,47). The summed E-state index contributed by atoms with van der Waals surface area (Å²) in [5.74, 6) is 2.46. The average molecular weight is 712 g/mol. The summed E-state index contributed by atoms with van der Waals surface area (Å²) >= 11 is 0. The monoisotopic (exact) mass is 711 g/mol. The zero-order chi connectivity index (χ0) is 36.6. The highest BCUT2D eigenvalue weighted by molar-refractivity contribution is 6.02. The number of aromatic nitrogens is 1. The number of unbranched alkanes of at least 4 members (excludes halogenated alkanes) is 1. The molecule has 6 N–H and O–H groups in total. The van der Waals surface area contributed by atoms with E-state index in [2.05, 4.69) is 15.8 Å². The quantitative estimate of drug-likeness (QED) is 0.0747. The van der Waals surface area contributed by atoms with Crippen molar-refractivity contribution in [3.63, 3.8) is 0 Å². The van der Waals surface area contributed by atoms with Crippen molar-refractivity contribution < 1.29 is 48.7 Å². The highest BCUT2D eigenvalue weighted by Crippen LogP contribution is 2.35. The number of aliphatic hydroxyl groups excluding tert-OH is 4. The summed E-state index contributed by atoms with van der Waals surface area (Å²) in [5, 5.41) is 49.8. The molecule has 1 aromatic heterocycles. The third-order valence-corrected chi connectivity index (χ3v) is 8.88. The van der Waals surface area contributed by atoms with Gasteiger partial charge in [0, 0.05) is 28.4 Å². The summed E-state index contributed by atoms with van der Waals surface area (Å²) in [6.45, 7) is -0.334. The van der Waals surface area contributed by atoms with E-state index in [-0.39, 0.29) is 32.3 Å². The van der Waals surface area contributed by atoms with E-state index in [4.69, 9.17) is 23.5 Å². The Morgan fingerprint density at radius 1 is 0.692 bits per heavy atom. The van der Waals surface area contributed by atoms with Crippen LogP contribution in [-0.2, 0) is 26.4 Å². The number of rotatable bonds is 16. The minimum atomic E-state index is -0.475. The molecule has 0 saturated heterocycles. The summed E-state index contributed by atoms with van der Waals surface area (Å²) in [7, 11) is 3.12. The van der Waals surface area contributed by atoms with E-state index in [1.807, 2.05) is 24.3 Å². The number of nitrogens with one attached hydrogen (secondary N) is 2. The van der Waals surface area contributed by atoms with E-state index >= 15 is 0 Å². The van der Waals surface area contributed by atoms with Crippen LogP contribution in [0.15, 0.2) is 77.3 Å². The number of carbonyl (C=O) groups is 1. The molecule has 52 heavy (non-hydrogen) atoms. The van der Waals surface area contributed by atoms with Gasteiger partial charge in [0.1, 0.15) is 23.4 Å². The van der Waals surface area contributed by atoms with Crippen LogP contribution >= 0.6 is 0 Å². The molecule has 0 saturated carbocycles. The van der Waals surface area contributed by atoms with E-state index in [1.165, 1.54) is 0 Å². The number of aliphatic hydroxyl groups is 4. The van der Waals surface area contributed by atoms with Gasteiger partial charge in [-0.1, -0.05) is 11.2 Å². The summed E-state index contributed by atoms with van der Waals surface area (Å²) in [6, 6.07) is 21.3. The molecule has 13 heteroatoms. The van der Waals surface area contributed by atoms with Crippen LogP contribution in [0.3, 0.4) is 0 Å². The summed E-state index contributed by atoms with van der Waals surface area (Å²) in [5.41, 5.74) is 5.95. The lowest BCUT2D eigenvalue weighted by atomic mass is 9.97. The minimum absolute atomic E-state index is 0.222. The molecule has 1 atom stereocenters. The van der Waals surface area contributed by atoms with E-state index < -0.39 is 6.17 Å². The minimum Gasteiger partial charge on any atom is -0.497 e. The number of hydrogen-bond donors (Lipinski definition) is 6. The molecule has 13 nitrogen and oxygen atoms in total. The SMILES string of the molecule is COc1ccc2c(c1)C(=O)NC(c1ccc(OCCCCOc3cc(-c4cc(-c5cc(CO)c(CO)c(CO)c5)on4)ccc3OC)c(CO)c1)N2. The molecule has 1 aliphatic rings. The molecule has 1 aliphatic heterocycles. The Hall–Kier alpha value is -5.60. The van der Waals surface area contributed by atoms with Crippen LogP contribution < -0.4 is 29.6 Å². The third kappa shape index (κ3) is 7.82. The lowest BCUT2D eigenvalue weighted by Gasteiger charge is -2.29. The molecule has 0 fully saturated rings. The average Bonchev–Trinajstić information content (AvgIpc) is 3.69. The highest BCUT2D eigenvalue weighted by atomic mass is 16.5. The molecule has 0 spiro atoms. The van der Waals surface area contributed by atoms with Crippen molar-refractivity contribution in [2.75, 3.05) is 32.8 Å². The predicted molar refractivity (Wildman–Crippen MR) is 191 cm³/mol. The van der Waals surface area contributed by atoms with Crippen molar-refractivity contribution in [3.05, 3.63) is 106 Å². The first-order valence-electron chi connectivity index (χ1n) is 16.8. The van der Waals surface area contributed by atoms with Crippen LogP contribution in [-0.4, -0.2) is 58.9 Å². The van der Waals surface area contributed by atoms with E-state index in [1.54, 1.807) is 62.8 Å². The Morgan fingerprint density at radius 3 is 2.08 bits per heavy atom. The van der Waals surface area contributed by atoms with Crippen molar-refractivity contribution in [1.29, 1.82) is 0 Å². The van der Waals surface area contributed by atoms with Crippen LogP contribution in [0.4, 0.5) is 5.69 Å². The molecule has 1 unspecified atom stereocenters. The fourth-order valence-electron chi connectivity index (χ4n) is 6.06. The first-order chi connectivity index (χ1) is 25.4. The predicted octanol–water partition coefficient (Wildman–Crippen LogP) is 5.09. The number of nitrogens with zero attached hydrogens (tertiary/aromatic N) is 1. The van der Waals surface area contributed by atoms with Gasteiger partial charge in [0.15, 0.2) is 17.3 Å². The van der Waals surface area contributed by atoms with Crippen LogP contribution in [0, 0.1) is 0 Å². The van der Waals surface area contributed by atoms with Crippen LogP contribution in [0.25, 0.3) is 22.6 Å². The molecule has 0 radical (unpaired) electrons. The number of fused-ring (bicyclic) bond motifs is 1. The number of anilines is 1. The third-order valence-electron chi connectivity index (χ3n) is 8.88. The van der Waals surface area contributed by atoms with E-state index in [0.717, 1.165) is 11.1 Å². The normalized spacial score (nSPS) is 13.6. The summed E-state index contributed by atoms with van der Waals surface area (Å²) in [4.78, 5) is 12.8. The van der Waals surface area contributed by atoms with Gasteiger partial charge in [-0.25, -0.2) is 0 Å². The first-order valence-corrected chi connectivity index (χ1v) is 16.8. The molecule has 5 aromatic rings. The maximum absolute atomic E-state index is 12.8. The number of hydrogen-bond acceptors (Lipinski definition) is 12. The highest BCUT2D eigenvalue weighted by Gasteiger charge is 2.26. The molecule has 2 heterocycles. The van der Waals surface area contributed by atoms with Gasteiger partial charge in [0.2, 0.25) is 0 Å². The van der Waals surface area contributed by atoms with Crippen molar-refractivity contribution in [2.24, 2.45) is 0 Å². The summed E-state index contributed by atoms with van der Waals surface area (Å²) in [6.07, 6.45) is 0.889. The van der Waals surface area contributed by atoms with Gasteiger partial charge in [-0.2, -0.15) is 0 Å². The van der Waals surface area contributed by atoms with E-state index in [0.29, 0.717) is 99.6 Å². The Bertz CT molecular complexity index is 2000. The fourth-order valence-corrected chi connectivity index (χ4v) is 6.06. The molecule has 272 valence electrons. The van der Waals surface area contributed by atoms with Gasteiger partial charge in [-0.3, -0.25) is 4.79 Å². The van der Waals surface area contributed by atoms with Gasteiger partial charge >= 0.3 is 0 Å². The Balaban J connectivity index is 1.04. The number of benzene rings is 4. The zero-order valence-electron chi connectivity index (χ0n) is 28.8. The molecule has 1 amide bonds. The number of carbonyl (C=O) groups excluding carboxylic acids is 1. The van der Waals surface area contributed by atoms with Gasteiger partial charge in [0.25, 0.3) is 5.91 Å². The maximum Gasteiger partial charge on any atom is 0.255 e. The van der Waals surface area contributed by atoms with Gasteiger partial charge in [-0.15, -0.1) is 0 Å². The first kappa shape index (κ1) is 36.2. The van der Waals surface area contributed by atoms with Crippen molar-refractivity contribution in [1.82, 2.24) is 10.5 Å². The molecule has 6 rings (SSSR count). The molecular formula is C39H41N3O10. The van der Waals surface area contributed by atoms with Crippen molar-refractivity contribution in [2.45, 2.75) is 45.4 Å². The second-order valence-corrected chi connectivity index (χ2v) is 12.1. The smallest absolute Gasteiger partial charge is 0.255 e. The number of amides is 1. The van der Waals surface area contributed by atoms with Crippen LogP contribution in [0.2, 0.25) is 0 Å². The zero-order valence-corrected chi connectivity index (χ0v) is 28.8. The van der Waals surface area contributed by atoms with Gasteiger partial charge in [-0.05, 0) is 95.8 Å². The largest absolute Gasteiger partial charge is 0.497 e. The van der Waals surface area contributed by atoms with Crippen molar-refractivity contribution >= 4 is 11.6 Å². The van der Waals surface area contributed by atoms with Crippen LogP contribution in [0.5, 0.6) is 23.0 Å². The second kappa shape index (κ2) is 16.6. The molecular weight excluding hydrogens is 670 g/mol. The Morgan fingerprint density at radius 2 is 1.40 bits per heavy atom.